The SMILES string of the molecule is CCCCCN(CCCCC)CCCCC.O=C(O)O. The summed E-state index contributed by atoms with van der Waals surface area (Å²) in [5.74, 6) is 0. The second kappa shape index (κ2) is 18.2. The van der Waals surface area contributed by atoms with Crippen molar-refractivity contribution in [3.8, 4) is 0 Å². The minimum absolute atomic E-state index is 1.33. The molecule has 0 rings (SSSR count). The molecule has 4 nitrogen and oxygen atoms in total. The molecule has 0 spiro atoms. The molecule has 0 saturated carbocycles. The Morgan fingerprint density at radius 1 is 0.700 bits per heavy atom. The predicted molar refractivity (Wildman–Crippen MR) is 85.7 cm³/mol. The van der Waals surface area contributed by atoms with E-state index in [1.165, 1.54) is 77.4 Å². The molecule has 0 aliphatic carbocycles. The van der Waals surface area contributed by atoms with Gasteiger partial charge in [0.1, 0.15) is 0 Å². The van der Waals surface area contributed by atoms with E-state index in [0.29, 0.717) is 0 Å². The fourth-order valence-electron chi connectivity index (χ4n) is 2.09. The van der Waals surface area contributed by atoms with E-state index in [4.69, 9.17) is 15.0 Å². The van der Waals surface area contributed by atoms with Crippen molar-refractivity contribution in [3.63, 3.8) is 0 Å². The van der Waals surface area contributed by atoms with Gasteiger partial charge in [0.15, 0.2) is 0 Å². The highest BCUT2D eigenvalue weighted by Gasteiger charge is 2.03. The summed E-state index contributed by atoms with van der Waals surface area (Å²) < 4.78 is 0. The lowest BCUT2D eigenvalue weighted by Crippen LogP contribution is -2.27. The average Bonchev–Trinajstić information content (AvgIpc) is 2.38. The summed E-state index contributed by atoms with van der Waals surface area (Å²) in [7, 11) is 0. The quantitative estimate of drug-likeness (QED) is 0.492. The van der Waals surface area contributed by atoms with Crippen LogP contribution in [-0.4, -0.2) is 40.9 Å². The zero-order valence-electron chi connectivity index (χ0n) is 13.7. The van der Waals surface area contributed by atoms with Crippen molar-refractivity contribution in [2.75, 3.05) is 19.6 Å². The van der Waals surface area contributed by atoms with Crippen molar-refractivity contribution in [3.05, 3.63) is 0 Å². The monoisotopic (exact) mass is 289 g/mol. The van der Waals surface area contributed by atoms with E-state index in [1.54, 1.807) is 0 Å². The lowest BCUT2D eigenvalue weighted by Gasteiger charge is -2.22. The van der Waals surface area contributed by atoms with Gasteiger partial charge < -0.3 is 15.1 Å². The number of hydrogen-bond donors (Lipinski definition) is 2. The zero-order valence-corrected chi connectivity index (χ0v) is 13.7. The van der Waals surface area contributed by atoms with Crippen LogP contribution in [0.5, 0.6) is 0 Å². The van der Waals surface area contributed by atoms with E-state index in [1.807, 2.05) is 0 Å². The van der Waals surface area contributed by atoms with E-state index in [-0.39, 0.29) is 0 Å². The van der Waals surface area contributed by atoms with E-state index < -0.39 is 6.16 Å². The van der Waals surface area contributed by atoms with Gasteiger partial charge in [-0.05, 0) is 38.9 Å². The zero-order chi connectivity index (χ0) is 15.6. The van der Waals surface area contributed by atoms with E-state index >= 15 is 0 Å². The van der Waals surface area contributed by atoms with Crippen molar-refractivity contribution in [2.45, 2.75) is 78.6 Å². The molecule has 20 heavy (non-hydrogen) atoms. The van der Waals surface area contributed by atoms with E-state index in [9.17, 15) is 0 Å². The molecule has 122 valence electrons. The highest BCUT2D eigenvalue weighted by Crippen LogP contribution is 2.05. The first-order chi connectivity index (χ1) is 9.58. The first kappa shape index (κ1) is 21.5. The fourth-order valence-corrected chi connectivity index (χ4v) is 2.09. The topological polar surface area (TPSA) is 60.8 Å². The Hall–Kier alpha value is -0.770. The Bertz CT molecular complexity index is 170. The molecule has 0 radical (unpaired) electrons. The summed E-state index contributed by atoms with van der Waals surface area (Å²) in [5.41, 5.74) is 0. The summed E-state index contributed by atoms with van der Waals surface area (Å²) in [6.07, 6.45) is 10.6. The molecule has 0 aromatic heterocycles. The van der Waals surface area contributed by atoms with Gasteiger partial charge in [-0.25, -0.2) is 4.79 Å². The Morgan fingerprint density at radius 3 is 1.15 bits per heavy atom. The molecule has 0 heterocycles. The average molecular weight is 289 g/mol. The molecule has 0 aliphatic rings. The highest BCUT2D eigenvalue weighted by atomic mass is 16.6. The molecule has 0 saturated heterocycles. The predicted octanol–water partition coefficient (Wildman–Crippen LogP) is 5.08. The fraction of sp³-hybridized carbons (Fsp3) is 0.938. The molecule has 0 fully saturated rings. The summed E-state index contributed by atoms with van der Waals surface area (Å²) >= 11 is 0. The van der Waals surface area contributed by atoms with E-state index in [2.05, 4.69) is 25.7 Å². The van der Waals surface area contributed by atoms with Crippen LogP contribution in [0.25, 0.3) is 0 Å². The first-order valence-electron chi connectivity index (χ1n) is 8.22. The van der Waals surface area contributed by atoms with Crippen molar-refractivity contribution >= 4 is 6.16 Å². The van der Waals surface area contributed by atoms with Crippen molar-refractivity contribution in [2.24, 2.45) is 0 Å². The van der Waals surface area contributed by atoms with Crippen LogP contribution < -0.4 is 0 Å². The molecule has 0 aromatic rings. The number of hydrogen-bond acceptors (Lipinski definition) is 2. The molecule has 0 atom stereocenters. The second-order valence-corrected chi connectivity index (χ2v) is 5.25. The Morgan fingerprint density at radius 2 is 0.950 bits per heavy atom. The molecule has 2 N–H and O–H groups in total. The highest BCUT2D eigenvalue weighted by molar-refractivity contribution is 5.53. The Balaban J connectivity index is 0. The maximum absolute atomic E-state index is 8.56. The largest absolute Gasteiger partial charge is 0.503 e. The smallest absolute Gasteiger partial charge is 0.450 e. The van der Waals surface area contributed by atoms with Crippen LogP contribution in [0.1, 0.15) is 78.6 Å². The molecular weight excluding hydrogens is 254 g/mol. The standard InChI is InChI=1S/C15H33N.CH2O3/c1-4-7-10-13-16(14-11-8-5-2)15-12-9-6-3;2-1(3)4/h4-15H2,1-3H3;(H2,2,3,4). The molecule has 4 heteroatoms. The summed E-state index contributed by atoms with van der Waals surface area (Å²) in [5, 5.41) is 13.9. The second-order valence-electron chi connectivity index (χ2n) is 5.25. The van der Waals surface area contributed by atoms with Crippen molar-refractivity contribution in [1.29, 1.82) is 0 Å². The number of nitrogens with zero attached hydrogens (tertiary/aromatic N) is 1. The third-order valence-corrected chi connectivity index (χ3v) is 3.23. The minimum Gasteiger partial charge on any atom is -0.450 e. The lowest BCUT2D eigenvalue weighted by molar-refractivity contribution is 0.137. The van der Waals surface area contributed by atoms with E-state index in [0.717, 1.165) is 0 Å². The van der Waals surface area contributed by atoms with Crippen LogP contribution in [0.4, 0.5) is 4.79 Å². The maximum Gasteiger partial charge on any atom is 0.503 e. The molecule has 0 bridgehead atoms. The van der Waals surface area contributed by atoms with Gasteiger partial charge in [-0.3, -0.25) is 0 Å². The van der Waals surface area contributed by atoms with Crippen molar-refractivity contribution in [1.82, 2.24) is 4.90 Å². The lowest BCUT2D eigenvalue weighted by atomic mass is 10.2. The minimum atomic E-state index is -1.83. The van der Waals surface area contributed by atoms with Crippen LogP contribution >= 0.6 is 0 Å². The van der Waals surface area contributed by atoms with Gasteiger partial charge in [0.05, 0.1) is 0 Å². The number of carbonyl (C=O) groups is 1. The van der Waals surface area contributed by atoms with Gasteiger partial charge in [0.2, 0.25) is 0 Å². The van der Waals surface area contributed by atoms with Crippen LogP contribution in [-0.2, 0) is 0 Å². The molecule has 0 aromatic carbocycles. The van der Waals surface area contributed by atoms with Gasteiger partial charge in [-0.15, -0.1) is 0 Å². The molecular formula is C16H35NO3. The van der Waals surface area contributed by atoms with Crippen LogP contribution in [0.15, 0.2) is 0 Å². The van der Waals surface area contributed by atoms with Gasteiger partial charge in [0.25, 0.3) is 0 Å². The van der Waals surface area contributed by atoms with Gasteiger partial charge in [0, 0.05) is 0 Å². The van der Waals surface area contributed by atoms with Crippen LogP contribution in [0, 0.1) is 0 Å². The van der Waals surface area contributed by atoms with Crippen LogP contribution in [0.2, 0.25) is 0 Å². The van der Waals surface area contributed by atoms with Gasteiger partial charge in [-0.1, -0.05) is 59.3 Å². The first-order valence-corrected chi connectivity index (χ1v) is 8.22. The normalized spacial score (nSPS) is 10.2. The molecule has 0 amide bonds. The number of unbranched alkanes of at least 4 members (excludes halogenated alkanes) is 6. The third kappa shape index (κ3) is 22.4. The summed E-state index contributed by atoms with van der Waals surface area (Å²) in [6.45, 7) is 10.9. The summed E-state index contributed by atoms with van der Waals surface area (Å²) in [6, 6.07) is 0. The van der Waals surface area contributed by atoms with Gasteiger partial charge >= 0.3 is 6.16 Å². The number of carboxylic acid groups (broad SMARTS) is 2. The Kier molecular flexibility index (Phi) is 19.6. The maximum atomic E-state index is 8.56. The molecule has 0 aliphatic heterocycles. The molecule has 0 unspecified atom stereocenters. The number of rotatable bonds is 12. The van der Waals surface area contributed by atoms with Crippen molar-refractivity contribution < 1.29 is 15.0 Å². The summed E-state index contributed by atoms with van der Waals surface area (Å²) in [4.78, 5) is 11.3. The van der Waals surface area contributed by atoms with Crippen LogP contribution in [0.3, 0.4) is 0 Å². The Labute approximate surface area is 125 Å². The van der Waals surface area contributed by atoms with Gasteiger partial charge in [-0.2, -0.15) is 0 Å². The third-order valence-electron chi connectivity index (χ3n) is 3.23.